The lowest BCUT2D eigenvalue weighted by molar-refractivity contribution is -0.156. The summed E-state index contributed by atoms with van der Waals surface area (Å²) in [5, 5.41) is 34.7. The second-order valence-corrected chi connectivity index (χ2v) is 29.0. The van der Waals surface area contributed by atoms with Gasteiger partial charge in [-0.25, -0.2) is 39.1 Å². The van der Waals surface area contributed by atoms with E-state index >= 15 is 0 Å². The first-order chi connectivity index (χ1) is 56.1. The summed E-state index contributed by atoms with van der Waals surface area (Å²) in [6.45, 7) is 12.9. The maximum absolute atomic E-state index is 13.1. The molecule has 122 heavy (non-hydrogen) atoms. The van der Waals surface area contributed by atoms with Gasteiger partial charge in [0.25, 0.3) is 5.56 Å². The highest BCUT2D eigenvalue weighted by Gasteiger charge is 2.49. The first kappa shape index (κ1) is 108. The number of ether oxygens (including phenoxy) is 10. The molecule has 13 rings (SSSR count). The van der Waals surface area contributed by atoms with E-state index in [-0.39, 0.29) is 70.7 Å². The van der Waals surface area contributed by atoms with E-state index in [1.54, 1.807) is 95.4 Å². The van der Waals surface area contributed by atoms with Crippen LogP contribution in [0.2, 0.25) is 5.82 Å². The van der Waals surface area contributed by atoms with Crippen LogP contribution in [0.1, 0.15) is 227 Å². The summed E-state index contributed by atoms with van der Waals surface area (Å²) in [5.74, 6) is 2.32. The minimum Gasteiger partial charge on any atom is -0.493 e. The van der Waals surface area contributed by atoms with E-state index in [9.17, 15) is 63.5 Å². The average Bonchev–Trinajstić information content (AvgIpc) is 1.69. The van der Waals surface area contributed by atoms with E-state index in [1.807, 2.05) is 52.1 Å². The average molecular weight is 1870 g/mol. The lowest BCUT2D eigenvalue weighted by Crippen LogP contribution is -2.29. The number of rotatable bonds is 27. The highest BCUT2D eigenvalue weighted by molar-refractivity contribution is 9.10. The number of nitrogens with one attached hydrogen (secondary N) is 1. The Bertz CT molecular complexity index is 4800. The van der Waals surface area contributed by atoms with Crippen LogP contribution in [-0.2, 0) is 34.9 Å². The molecule has 1 aromatic carbocycles. The van der Waals surface area contributed by atoms with Crippen LogP contribution in [0.15, 0.2) is 118 Å². The number of aromatic nitrogens is 7. The fourth-order valence-corrected chi connectivity index (χ4v) is 11.1. The number of fused-ring (bicyclic) bond motifs is 1. The zero-order valence-corrected chi connectivity index (χ0v) is 69.5. The molecule has 0 spiro atoms. The maximum atomic E-state index is 13.1. The zero-order valence-electron chi connectivity index (χ0n) is 65.5. The van der Waals surface area contributed by atoms with Crippen molar-refractivity contribution < 1.29 is 131 Å². The van der Waals surface area contributed by atoms with E-state index in [0.29, 0.717) is 135 Å². The predicted molar refractivity (Wildman–Crippen MR) is 450 cm³/mol. The molecular formula is C82H106BBr2F6N7O23S. The summed E-state index contributed by atoms with van der Waals surface area (Å²) in [6.07, 6.45) is 18.0. The summed E-state index contributed by atoms with van der Waals surface area (Å²) < 4.78 is 144. The number of pyridine rings is 7. The molecule has 1 aliphatic heterocycles. The number of H-pyrrole nitrogens is 1. The van der Waals surface area contributed by atoms with Crippen molar-refractivity contribution in [2.45, 2.75) is 177 Å². The number of aromatic amines is 1. The number of methoxy groups -OCH3 is 2. The van der Waals surface area contributed by atoms with E-state index in [4.69, 9.17) is 67.6 Å². The van der Waals surface area contributed by atoms with Gasteiger partial charge in [0.2, 0.25) is 23.5 Å². The van der Waals surface area contributed by atoms with Crippen LogP contribution in [0.5, 0.6) is 46.5 Å². The van der Waals surface area contributed by atoms with Crippen molar-refractivity contribution in [2.24, 2.45) is 0 Å². The molecule has 0 radical (unpaired) electrons. The van der Waals surface area contributed by atoms with Crippen LogP contribution in [-0.4, -0.2) is 186 Å². The van der Waals surface area contributed by atoms with Gasteiger partial charge < -0.3 is 72.6 Å². The van der Waals surface area contributed by atoms with E-state index in [0.717, 1.165) is 73.8 Å². The quantitative estimate of drug-likeness (QED) is 0.00797. The van der Waals surface area contributed by atoms with Crippen molar-refractivity contribution in [1.82, 2.24) is 34.9 Å². The molecule has 0 bridgehead atoms. The van der Waals surface area contributed by atoms with Gasteiger partial charge in [-0.3, -0.25) is 23.7 Å². The molecule has 5 N–H and O–H groups in total. The molecule has 5 fully saturated rings. The van der Waals surface area contributed by atoms with Crippen LogP contribution >= 0.6 is 31.9 Å². The molecule has 0 unspecified atom stereocenters. The minimum atomic E-state index is -6.15. The van der Waals surface area contributed by atoms with E-state index in [1.165, 1.54) is 37.9 Å². The SMILES string of the molecule is C.C.C.C.C1CCOC1.CCOC(=O)c1cc(Br)cnc1OCC.CCOC(=O)c1cc(C2CC2)cnc1OCC.CCOc1ncc(C2CC2)cc1C(=O)Cc1ccc(Oc2ccnc3cc(OC)c(OC)cc23)cn1.CCOc1ncc(C2CC2)cc1C(=O)O.O=C(O)c1cc(Br)c[nH]c1=O.O=S(=O)(OCC(F)(F)F)C(F)(F)F.OB(O)C1CC1. The smallest absolute Gasteiger partial charge is 0.493 e. The number of hydrogen-bond donors (Lipinski definition) is 5. The van der Waals surface area contributed by atoms with Crippen molar-refractivity contribution in [1.29, 1.82) is 0 Å². The Kier molecular flexibility index (Phi) is 46.9. The number of hydrogen-bond acceptors (Lipinski definition) is 27. The Hall–Kier alpha value is -10.1. The molecule has 8 aromatic rings. The number of carboxylic acids is 2. The molecule has 40 heteroatoms. The van der Waals surface area contributed by atoms with Crippen molar-refractivity contribution in [3.8, 4) is 46.5 Å². The molecule has 4 saturated carbocycles. The molecule has 8 heterocycles. The number of nitrogens with zero attached hydrogens (tertiary/aromatic N) is 6. The van der Waals surface area contributed by atoms with Gasteiger partial charge in [0.05, 0.1) is 77.6 Å². The minimum absolute atomic E-state index is 0. The van der Waals surface area contributed by atoms with Crippen LogP contribution in [0.3, 0.4) is 0 Å². The third-order valence-electron chi connectivity index (χ3n) is 16.4. The Balaban J connectivity index is 0.000000504. The van der Waals surface area contributed by atoms with Gasteiger partial charge in [-0.2, -0.15) is 34.8 Å². The predicted octanol–water partition coefficient (Wildman–Crippen LogP) is 17.8. The first-order valence-electron chi connectivity index (χ1n) is 37.1. The summed E-state index contributed by atoms with van der Waals surface area (Å²) in [7, 11) is -4.02. The fraction of sp³-hybridized carbons (Fsp3) is 0.463. The Morgan fingerprint density at radius 1 is 0.541 bits per heavy atom. The highest BCUT2D eigenvalue weighted by Crippen LogP contribution is 2.44. The molecule has 0 amide bonds. The van der Waals surface area contributed by atoms with E-state index < -0.39 is 59.0 Å². The molecule has 4 aliphatic carbocycles. The van der Waals surface area contributed by atoms with Crippen molar-refractivity contribution in [3.63, 3.8) is 0 Å². The largest absolute Gasteiger partial charge is 0.523 e. The molecule has 7 aromatic heterocycles. The summed E-state index contributed by atoms with van der Waals surface area (Å²) in [5.41, 5.74) is -0.670. The molecule has 672 valence electrons. The fourth-order valence-electron chi connectivity index (χ4n) is 10.1. The normalized spacial score (nSPS) is 13.3. The number of aromatic carboxylic acids is 2. The van der Waals surface area contributed by atoms with Crippen molar-refractivity contribution >= 4 is 89.7 Å². The number of carboxylic acid groups (broad SMARTS) is 2. The van der Waals surface area contributed by atoms with Crippen LogP contribution in [0.4, 0.5) is 26.3 Å². The topological polar surface area (TPSA) is 412 Å². The second kappa shape index (κ2) is 53.0. The van der Waals surface area contributed by atoms with Gasteiger partial charge in [0, 0.05) is 76.5 Å². The standard InChI is InChI=1S/C28H27N3O5.C13H17NO3.C11H13NO3.C10H12BrNO3.C6H4BrNO3.C4H8O.C3H7BO2.C3H2F6O3S.4CH4/c1-4-35-28-22(11-18(15-31-28)17-5-6-17)24(32)12-19-7-8-20(16-30-19)36-25-9-10-29-23-14-27(34-3)26(33-2)13-21(23)25;1-3-16-12-11(13(15)17-4-2)7-10(8-14-12)9-5-6-9;1-2-15-10-9(11(13)14)5-8(6-12-10)7-3-4-7;1-3-14-9-8(10(13)15-4-2)5-7(11)6-12-9;7-3-1-4(6(10)11)5(9)8-2-3;1-2-4-5-3-1;5-4(6)3-1-2-3;4-2(5,6)1-12-13(10,11)3(7,8)9;;;;/h7-11,13-17H,4-6,12H2,1-3H3;7-9H,3-6H2,1-2H3;5-7H,2-4H2,1H3,(H,13,14);5-6H,3-4H2,1-2H3;1-2H,(H,8,9)(H,10,11);1-4H2;3,5-6H,1-2H2;1H2;4*1H4. The van der Waals surface area contributed by atoms with Gasteiger partial charge in [-0.1, -0.05) is 42.5 Å². The molecular weight excluding hydrogens is 1770 g/mol. The number of carbonyl (C=O) groups is 5. The lowest BCUT2D eigenvalue weighted by Gasteiger charge is -2.12. The van der Waals surface area contributed by atoms with Crippen LogP contribution in [0, 0.1) is 0 Å². The molecule has 5 aliphatic rings. The molecule has 30 nitrogen and oxygen atoms in total. The number of carbonyl (C=O) groups excluding carboxylic acids is 3. The third kappa shape index (κ3) is 36.1. The number of alkyl halides is 6. The first-order valence-corrected chi connectivity index (χ1v) is 40.1. The number of Topliss-reactive ketones (excluding diaryl/α,β-unsaturated/α-hetero) is 1. The number of ketones is 1. The van der Waals surface area contributed by atoms with Crippen LogP contribution in [0.25, 0.3) is 10.9 Å². The van der Waals surface area contributed by atoms with Gasteiger partial charge in [0.1, 0.15) is 33.8 Å². The van der Waals surface area contributed by atoms with Gasteiger partial charge >= 0.3 is 52.8 Å². The highest BCUT2D eigenvalue weighted by atomic mass is 79.9. The van der Waals surface area contributed by atoms with Crippen molar-refractivity contribution in [3.05, 3.63) is 174 Å². The number of benzene rings is 1. The number of esters is 2. The van der Waals surface area contributed by atoms with E-state index in [2.05, 4.69) is 70.9 Å². The summed E-state index contributed by atoms with van der Waals surface area (Å²) in [4.78, 5) is 96.3. The van der Waals surface area contributed by atoms with Gasteiger partial charge in [0.15, 0.2) is 23.9 Å². The van der Waals surface area contributed by atoms with Gasteiger partial charge in [-0.05, 0) is 220 Å². The number of halogens is 8. The maximum Gasteiger partial charge on any atom is 0.523 e. The summed E-state index contributed by atoms with van der Waals surface area (Å²) >= 11 is 6.27. The third-order valence-corrected chi connectivity index (χ3v) is 18.3. The second-order valence-electron chi connectivity index (χ2n) is 25.6. The Morgan fingerprint density at radius 2 is 0.984 bits per heavy atom. The van der Waals surface area contributed by atoms with Crippen LogP contribution < -0.4 is 38.7 Å². The lowest BCUT2D eigenvalue weighted by atomic mass is 9.84. The monoisotopic (exact) mass is 1870 g/mol. The zero-order chi connectivity index (χ0) is 86.9. The Labute approximate surface area is 722 Å². The Morgan fingerprint density at radius 3 is 1.37 bits per heavy atom. The molecule has 0 atom stereocenters. The van der Waals surface area contributed by atoms with Crippen molar-refractivity contribution in [2.75, 3.05) is 73.7 Å². The molecule has 1 saturated heterocycles. The van der Waals surface area contributed by atoms with Gasteiger partial charge in [-0.15, -0.1) is 0 Å². The summed E-state index contributed by atoms with van der Waals surface area (Å²) in [6, 6.07) is 17.3.